The van der Waals surface area contributed by atoms with Gasteiger partial charge in [-0.05, 0) is 181 Å². The molecule has 1 aromatic carbocycles. The molecule has 0 spiro atoms. The Labute approximate surface area is 297 Å². The van der Waals surface area contributed by atoms with Gasteiger partial charge < -0.3 is 21.3 Å². The lowest BCUT2D eigenvalue weighted by Gasteiger charge is -2.61. The van der Waals surface area contributed by atoms with Crippen molar-refractivity contribution in [2.24, 2.45) is 52.3 Å². The van der Waals surface area contributed by atoms with Crippen LogP contribution in [0.1, 0.15) is 143 Å². The van der Waals surface area contributed by atoms with Crippen LogP contribution in [0.3, 0.4) is 0 Å². The van der Waals surface area contributed by atoms with Crippen molar-refractivity contribution in [1.82, 2.24) is 21.3 Å². The third-order valence-electron chi connectivity index (χ3n) is 14.7. The summed E-state index contributed by atoms with van der Waals surface area (Å²) < 4.78 is 0. The summed E-state index contributed by atoms with van der Waals surface area (Å²) in [6.45, 7) is 20.8. The molecule has 0 saturated heterocycles. The van der Waals surface area contributed by atoms with E-state index in [0.717, 1.165) is 86.7 Å². The van der Waals surface area contributed by atoms with Gasteiger partial charge in [-0.1, -0.05) is 84.2 Å². The van der Waals surface area contributed by atoms with Crippen LogP contribution in [0.5, 0.6) is 0 Å². The number of hydrogen-bond acceptors (Lipinski definition) is 4. The molecule has 0 heterocycles. The molecule has 4 N–H and O–H groups in total. The molecule has 4 saturated carbocycles. The maximum atomic E-state index is 4.02. The van der Waals surface area contributed by atoms with Gasteiger partial charge in [-0.3, -0.25) is 0 Å². The van der Waals surface area contributed by atoms with E-state index in [0.29, 0.717) is 10.8 Å². The maximum Gasteiger partial charge on any atom is 0.0205 e. The number of hydrogen-bond donors (Lipinski definition) is 4. The van der Waals surface area contributed by atoms with Crippen LogP contribution >= 0.6 is 0 Å². The van der Waals surface area contributed by atoms with Gasteiger partial charge >= 0.3 is 0 Å². The average Bonchev–Trinajstić information content (AvgIpc) is 3.44. The smallest absolute Gasteiger partial charge is 0.0205 e. The second-order valence-corrected chi connectivity index (χ2v) is 18.2. The molecule has 0 bridgehead atoms. The Bertz CT molecular complexity index is 1030. The van der Waals surface area contributed by atoms with Crippen LogP contribution in [-0.2, 0) is 6.54 Å². The van der Waals surface area contributed by atoms with Crippen LogP contribution in [0, 0.1) is 52.3 Å². The van der Waals surface area contributed by atoms with Gasteiger partial charge in [-0.15, -0.1) is 0 Å². The first-order valence-corrected chi connectivity index (χ1v) is 21.2. The third kappa shape index (κ3) is 10.1. The zero-order valence-corrected chi connectivity index (χ0v) is 32.3. The summed E-state index contributed by atoms with van der Waals surface area (Å²) in [6.07, 6.45) is 22.8. The molecule has 4 aliphatic carbocycles. The first-order valence-electron chi connectivity index (χ1n) is 21.2. The Morgan fingerprint density at radius 3 is 2.06 bits per heavy atom. The summed E-state index contributed by atoms with van der Waals surface area (Å²) in [4.78, 5) is 0. The lowest BCUT2D eigenvalue weighted by Crippen LogP contribution is -2.55. The molecule has 0 aromatic heterocycles. The molecule has 274 valence electrons. The predicted octanol–water partition coefficient (Wildman–Crippen LogP) is 9.60. The standard InChI is InChI=1S/C44H78N4/c1-34(2)14-11-15-35(3)40-20-21-41-39-19-18-37-32-38(22-24-43(37,4)42(39)23-25-44(40,41)5)48-31-13-29-46-27-10-9-26-45-28-12-30-47-33-36-16-7-6-8-17-36/h6-8,16-17,34-35,37-42,45-48H,9-15,18-33H2,1-5H3/t35-,37?,38-,39?,40?,41?,42?,43-,44+/m0/s1. The van der Waals surface area contributed by atoms with Crippen molar-refractivity contribution < 1.29 is 0 Å². The van der Waals surface area contributed by atoms with Gasteiger partial charge in [0, 0.05) is 12.6 Å². The summed E-state index contributed by atoms with van der Waals surface area (Å²) in [5.41, 5.74) is 2.61. The van der Waals surface area contributed by atoms with Gasteiger partial charge in [0.1, 0.15) is 0 Å². The molecule has 5 rings (SSSR count). The van der Waals surface area contributed by atoms with Crippen molar-refractivity contribution in [2.45, 2.75) is 150 Å². The van der Waals surface area contributed by atoms with E-state index in [2.05, 4.69) is 86.2 Å². The molecule has 0 aliphatic heterocycles. The Morgan fingerprint density at radius 1 is 0.646 bits per heavy atom. The average molecular weight is 663 g/mol. The van der Waals surface area contributed by atoms with Crippen molar-refractivity contribution in [1.29, 1.82) is 0 Å². The molecular formula is C44H78N4. The van der Waals surface area contributed by atoms with Gasteiger partial charge in [0.05, 0.1) is 0 Å². The van der Waals surface area contributed by atoms with E-state index in [4.69, 9.17) is 0 Å². The van der Waals surface area contributed by atoms with E-state index in [9.17, 15) is 0 Å². The molecule has 4 nitrogen and oxygen atoms in total. The van der Waals surface area contributed by atoms with Gasteiger partial charge in [-0.25, -0.2) is 0 Å². The first-order chi connectivity index (χ1) is 23.3. The van der Waals surface area contributed by atoms with E-state index in [-0.39, 0.29) is 0 Å². The Hall–Kier alpha value is -0.940. The maximum absolute atomic E-state index is 4.02. The van der Waals surface area contributed by atoms with Crippen molar-refractivity contribution in [2.75, 3.05) is 39.3 Å². The van der Waals surface area contributed by atoms with Crippen LogP contribution in [-0.4, -0.2) is 45.3 Å². The molecule has 1 aromatic rings. The first kappa shape index (κ1) is 38.3. The van der Waals surface area contributed by atoms with Crippen molar-refractivity contribution in [3.8, 4) is 0 Å². The minimum atomic E-state index is 0.610. The van der Waals surface area contributed by atoms with Crippen LogP contribution < -0.4 is 21.3 Å². The van der Waals surface area contributed by atoms with Gasteiger partial charge in [-0.2, -0.15) is 0 Å². The molecular weight excluding hydrogens is 585 g/mol. The fraction of sp³-hybridized carbons (Fsp3) is 0.864. The predicted molar refractivity (Wildman–Crippen MR) is 207 cm³/mol. The summed E-state index contributed by atoms with van der Waals surface area (Å²) in [5.74, 6) is 6.78. The van der Waals surface area contributed by atoms with Crippen molar-refractivity contribution in [3.05, 3.63) is 35.9 Å². The normalized spacial score (nSPS) is 33.7. The zero-order chi connectivity index (χ0) is 33.8. The monoisotopic (exact) mass is 663 g/mol. The Kier molecular flexibility index (Phi) is 15.2. The molecule has 0 radical (unpaired) electrons. The number of unbranched alkanes of at least 4 members (excludes halogenated alkanes) is 1. The Balaban J connectivity index is 0.898. The molecule has 4 fully saturated rings. The largest absolute Gasteiger partial charge is 0.317 e. The SMILES string of the molecule is CC(C)CCC[C@H](C)C1CCC2C3CCC4C[C@@H](NCCCNCCCCNCCCNCc5ccccc5)CC[C@]4(C)C3CC[C@@]21C. The summed E-state index contributed by atoms with van der Waals surface area (Å²) in [6, 6.07) is 11.4. The molecule has 4 heteroatoms. The van der Waals surface area contributed by atoms with Crippen LogP contribution in [0.2, 0.25) is 0 Å². The van der Waals surface area contributed by atoms with Crippen molar-refractivity contribution in [3.63, 3.8) is 0 Å². The van der Waals surface area contributed by atoms with E-state index < -0.39 is 0 Å². The van der Waals surface area contributed by atoms with Crippen LogP contribution in [0.25, 0.3) is 0 Å². The summed E-state index contributed by atoms with van der Waals surface area (Å²) in [5, 5.41) is 14.9. The number of fused-ring (bicyclic) bond motifs is 5. The topological polar surface area (TPSA) is 48.1 Å². The molecule has 48 heavy (non-hydrogen) atoms. The highest BCUT2D eigenvalue weighted by atomic mass is 14.9. The number of rotatable bonds is 21. The Morgan fingerprint density at radius 2 is 1.31 bits per heavy atom. The molecule has 5 unspecified atom stereocenters. The zero-order valence-electron chi connectivity index (χ0n) is 32.3. The molecule has 4 aliphatic rings. The van der Waals surface area contributed by atoms with E-state index in [1.165, 1.54) is 108 Å². The fourth-order valence-electron chi connectivity index (χ4n) is 11.9. The second kappa shape index (κ2) is 19.1. The number of nitrogens with one attached hydrogen (secondary N) is 4. The highest BCUT2D eigenvalue weighted by Crippen LogP contribution is 2.68. The highest BCUT2D eigenvalue weighted by Gasteiger charge is 2.60. The van der Waals surface area contributed by atoms with E-state index in [1.807, 2.05) is 0 Å². The third-order valence-corrected chi connectivity index (χ3v) is 14.7. The summed E-state index contributed by atoms with van der Waals surface area (Å²) >= 11 is 0. The minimum Gasteiger partial charge on any atom is -0.317 e. The number of benzene rings is 1. The molecule has 9 atom stereocenters. The van der Waals surface area contributed by atoms with Crippen molar-refractivity contribution >= 4 is 0 Å². The van der Waals surface area contributed by atoms with Crippen LogP contribution in [0.15, 0.2) is 30.3 Å². The van der Waals surface area contributed by atoms with Crippen LogP contribution in [0.4, 0.5) is 0 Å². The molecule has 0 amide bonds. The van der Waals surface area contributed by atoms with Gasteiger partial charge in [0.25, 0.3) is 0 Å². The quantitative estimate of drug-likeness (QED) is 0.0991. The minimum absolute atomic E-state index is 0.610. The van der Waals surface area contributed by atoms with Gasteiger partial charge in [0.2, 0.25) is 0 Å². The summed E-state index contributed by atoms with van der Waals surface area (Å²) in [7, 11) is 0. The second-order valence-electron chi connectivity index (χ2n) is 18.2. The van der Waals surface area contributed by atoms with E-state index in [1.54, 1.807) is 6.42 Å². The van der Waals surface area contributed by atoms with Gasteiger partial charge in [0.15, 0.2) is 0 Å². The fourth-order valence-corrected chi connectivity index (χ4v) is 11.9. The lowest BCUT2D eigenvalue weighted by atomic mass is 9.44. The highest BCUT2D eigenvalue weighted by molar-refractivity contribution is 5.14. The van der Waals surface area contributed by atoms with E-state index >= 15 is 0 Å². The lowest BCUT2D eigenvalue weighted by molar-refractivity contribution is -0.118.